The smallest absolute Gasteiger partial charge is 0.387 e. The molecule has 4 aromatic rings. The minimum absolute atomic E-state index is 0.0658. The Morgan fingerprint density at radius 3 is 2.38 bits per heavy atom. The van der Waals surface area contributed by atoms with Crippen LogP contribution in [0.15, 0.2) is 89.4 Å². The van der Waals surface area contributed by atoms with Gasteiger partial charge in [0.15, 0.2) is 5.76 Å². The maximum Gasteiger partial charge on any atom is 0.387 e. The van der Waals surface area contributed by atoms with Crippen molar-refractivity contribution in [2.75, 3.05) is 0 Å². The molecule has 1 heterocycles. The highest BCUT2D eigenvalue weighted by atomic mass is 19.3. The van der Waals surface area contributed by atoms with Crippen LogP contribution in [0.2, 0.25) is 0 Å². The zero-order chi connectivity index (χ0) is 22.5. The minimum atomic E-state index is -2.95. The topological polar surface area (TPSA) is 65.7 Å². The lowest BCUT2D eigenvalue weighted by molar-refractivity contribution is -0.0498. The van der Waals surface area contributed by atoms with E-state index in [2.05, 4.69) is 4.74 Å². The van der Waals surface area contributed by atoms with Crippen LogP contribution in [0.4, 0.5) is 8.78 Å². The number of ether oxygens (including phenoxy) is 2. The first kappa shape index (κ1) is 21.0. The Morgan fingerprint density at radius 2 is 1.62 bits per heavy atom. The Hall–Kier alpha value is -4.26. The SMILES string of the molecule is O=C(Oc1ccccc1/C=C/C(=O)c1cc2ccccc2o1)c1ccc(OC(F)F)cc1. The van der Waals surface area contributed by atoms with E-state index in [1.165, 1.54) is 36.4 Å². The molecule has 0 fully saturated rings. The molecule has 4 rings (SSSR count). The molecule has 0 amide bonds. The third-order valence-corrected chi connectivity index (χ3v) is 4.52. The number of alkyl halides is 2. The van der Waals surface area contributed by atoms with Gasteiger partial charge in [-0.3, -0.25) is 4.79 Å². The van der Waals surface area contributed by atoms with Crippen LogP contribution in [0.25, 0.3) is 17.0 Å². The fourth-order valence-electron chi connectivity index (χ4n) is 2.99. The minimum Gasteiger partial charge on any atom is -0.453 e. The van der Waals surface area contributed by atoms with Crippen molar-refractivity contribution in [3.8, 4) is 11.5 Å². The molecular formula is C25H16F2O5. The molecule has 0 bridgehead atoms. The zero-order valence-electron chi connectivity index (χ0n) is 16.5. The van der Waals surface area contributed by atoms with Gasteiger partial charge >= 0.3 is 12.6 Å². The number of hydrogen-bond acceptors (Lipinski definition) is 5. The summed E-state index contributed by atoms with van der Waals surface area (Å²) in [5.41, 5.74) is 1.27. The molecule has 0 saturated heterocycles. The van der Waals surface area contributed by atoms with Crippen molar-refractivity contribution in [2.45, 2.75) is 6.61 Å². The summed E-state index contributed by atoms with van der Waals surface area (Å²) in [6.45, 7) is -2.95. The van der Waals surface area contributed by atoms with Gasteiger partial charge in [0.2, 0.25) is 5.78 Å². The number of para-hydroxylation sites is 2. The van der Waals surface area contributed by atoms with E-state index in [1.807, 2.05) is 18.2 Å². The molecule has 0 unspecified atom stereocenters. The summed E-state index contributed by atoms with van der Waals surface area (Å²) in [6.07, 6.45) is 2.86. The van der Waals surface area contributed by atoms with Crippen molar-refractivity contribution in [1.29, 1.82) is 0 Å². The van der Waals surface area contributed by atoms with Crippen LogP contribution >= 0.6 is 0 Å². The second kappa shape index (κ2) is 9.26. The van der Waals surface area contributed by atoms with Crippen molar-refractivity contribution in [3.05, 3.63) is 102 Å². The highest BCUT2D eigenvalue weighted by molar-refractivity contribution is 6.07. The summed E-state index contributed by atoms with van der Waals surface area (Å²) < 4.78 is 39.8. The average Bonchev–Trinajstić information content (AvgIpc) is 3.23. The summed E-state index contributed by atoms with van der Waals surface area (Å²) in [5, 5.41) is 0.823. The molecular weight excluding hydrogens is 418 g/mol. The van der Waals surface area contributed by atoms with Crippen LogP contribution in [0.3, 0.4) is 0 Å². The van der Waals surface area contributed by atoms with E-state index in [9.17, 15) is 18.4 Å². The van der Waals surface area contributed by atoms with Crippen molar-refractivity contribution in [1.82, 2.24) is 0 Å². The summed E-state index contributed by atoms with van der Waals surface area (Å²) in [5.74, 6) is -0.652. The summed E-state index contributed by atoms with van der Waals surface area (Å²) in [6, 6.07) is 20.8. The van der Waals surface area contributed by atoms with Gasteiger partial charge in [0.1, 0.15) is 17.1 Å². The Labute approximate surface area is 181 Å². The van der Waals surface area contributed by atoms with Crippen LogP contribution in [0, 0.1) is 0 Å². The molecule has 0 N–H and O–H groups in total. The number of fused-ring (bicyclic) bond motifs is 1. The van der Waals surface area contributed by atoms with Gasteiger partial charge in [-0.15, -0.1) is 0 Å². The number of benzene rings is 3. The number of carbonyl (C=O) groups is 2. The zero-order valence-corrected chi connectivity index (χ0v) is 16.5. The summed E-state index contributed by atoms with van der Waals surface area (Å²) in [7, 11) is 0. The van der Waals surface area contributed by atoms with Gasteiger partial charge in [0.25, 0.3) is 0 Å². The third-order valence-electron chi connectivity index (χ3n) is 4.52. The number of halogens is 2. The van der Waals surface area contributed by atoms with Gasteiger partial charge in [-0.05, 0) is 54.6 Å². The van der Waals surface area contributed by atoms with Crippen LogP contribution in [-0.4, -0.2) is 18.4 Å². The Balaban J connectivity index is 1.48. The lowest BCUT2D eigenvalue weighted by Gasteiger charge is -2.08. The van der Waals surface area contributed by atoms with E-state index in [0.717, 1.165) is 5.39 Å². The molecule has 0 spiro atoms. The van der Waals surface area contributed by atoms with Crippen LogP contribution in [-0.2, 0) is 0 Å². The van der Waals surface area contributed by atoms with Crippen LogP contribution < -0.4 is 9.47 Å². The van der Waals surface area contributed by atoms with Crippen molar-refractivity contribution in [2.24, 2.45) is 0 Å². The molecule has 0 aliphatic rings. The van der Waals surface area contributed by atoms with Gasteiger partial charge in [0, 0.05) is 10.9 Å². The van der Waals surface area contributed by atoms with E-state index in [4.69, 9.17) is 9.15 Å². The normalized spacial score (nSPS) is 11.2. The standard InChI is InChI=1S/C25H16F2O5/c26-25(27)30-19-12-9-17(10-13-19)24(29)32-21-7-3-1-5-16(21)11-14-20(28)23-15-18-6-2-4-8-22(18)31-23/h1-15,25H/b14-11+. The number of rotatable bonds is 7. The molecule has 0 radical (unpaired) electrons. The molecule has 0 atom stereocenters. The van der Waals surface area contributed by atoms with Gasteiger partial charge in [-0.25, -0.2) is 4.79 Å². The largest absolute Gasteiger partial charge is 0.453 e. The van der Waals surface area contributed by atoms with E-state index < -0.39 is 12.6 Å². The third kappa shape index (κ3) is 4.89. The van der Waals surface area contributed by atoms with E-state index in [0.29, 0.717) is 11.1 Å². The van der Waals surface area contributed by atoms with Crippen LogP contribution in [0.1, 0.15) is 26.5 Å². The van der Waals surface area contributed by atoms with Gasteiger partial charge in [-0.2, -0.15) is 8.78 Å². The molecule has 1 aromatic heterocycles. The summed E-state index contributed by atoms with van der Waals surface area (Å²) in [4.78, 5) is 24.9. The quantitative estimate of drug-likeness (QED) is 0.151. The highest BCUT2D eigenvalue weighted by Crippen LogP contribution is 2.23. The average molecular weight is 434 g/mol. The number of hydrogen-bond donors (Lipinski definition) is 0. The molecule has 0 aliphatic carbocycles. The van der Waals surface area contributed by atoms with Gasteiger partial charge in [-0.1, -0.05) is 36.4 Å². The fourth-order valence-corrected chi connectivity index (χ4v) is 2.99. The molecule has 32 heavy (non-hydrogen) atoms. The molecule has 0 aliphatic heterocycles. The number of carbonyl (C=O) groups excluding carboxylic acids is 2. The molecule has 0 saturated carbocycles. The Kier molecular flexibility index (Phi) is 6.07. The van der Waals surface area contributed by atoms with E-state index in [-0.39, 0.29) is 28.6 Å². The van der Waals surface area contributed by atoms with Gasteiger partial charge in [0.05, 0.1) is 5.56 Å². The second-order valence-corrected chi connectivity index (χ2v) is 6.68. The van der Waals surface area contributed by atoms with Crippen molar-refractivity contribution in [3.63, 3.8) is 0 Å². The second-order valence-electron chi connectivity index (χ2n) is 6.68. The predicted octanol–water partition coefficient (Wildman–Crippen LogP) is 6.15. The molecule has 160 valence electrons. The number of ketones is 1. The summed E-state index contributed by atoms with van der Waals surface area (Å²) >= 11 is 0. The predicted molar refractivity (Wildman–Crippen MR) is 114 cm³/mol. The number of esters is 1. The maximum atomic E-state index is 12.5. The first-order valence-electron chi connectivity index (χ1n) is 9.57. The molecule has 7 heteroatoms. The highest BCUT2D eigenvalue weighted by Gasteiger charge is 2.13. The maximum absolute atomic E-state index is 12.5. The van der Waals surface area contributed by atoms with E-state index >= 15 is 0 Å². The van der Waals surface area contributed by atoms with Crippen molar-refractivity contribution >= 4 is 28.8 Å². The van der Waals surface area contributed by atoms with Crippen molar-refractivity contribution < 1.29 is 32.3 Å². The Morgan fingerprint density at radius 1 is 0.906 bits per heavy atom. The monoisotopic (exact) mass is 434 g/mol. The van der Waals surface area contributed by atoms with Gasteiger partial charge < -0.3 is 13.9 Å². The molecule has 5 nitrogen and oxygen atoms in total. The lowest BCUT2D eigenvalue weighted by atomic mass is 10.1. The number of furan rings is 1. The fraction of sp³-hybridized carbons (Fsp3) is 0.0400. The first-order valence-corrected chi connectivity index (χ1v) is 9.57. The first-order chi connectivity index (χ1) is 15.5. The Bertz CT molecular complexity index is 1260. The van der Waals surface area contributed by atoms with Crippen LogP contribution in [0.5, 0.6) is 11.5 Å². The lowest BCUT2D eigenvalue weighted by Crippen LogP contribution is -2.09. The number of allylic oxidation sites excluding steroid dienone is 1. The molecule has 3 aromatic carbocycles. The van der Waals surface area contributed by atoms with E-state index in [1.54, 1.807) is 36.4 Å².